The molecule has 1 aromatic carbocycles. The Balaban J connectivity index is 2.85. The van der Waals surface area contributed by atoms with Crippen LogP contribution in [0.25, 0.3) is 0 Å². The van der Waals surface area contributed by atoms with Gasteiger partial charge in [0.2, 0.25) is 0 Å². The molecule has 0 amide bonds. The summed E-state index contributed by atoms with van der Waals surface area (Å²) < 4.78 is 5.17. The molecule has 1 unspecified atom stereocenters. The first-order chi connectivity index (χ1) is 7.23. The van der Waals surface area contributed by atoms with Crippen molar-refractivity contribution in [2.45, 2.75) is 25.2 Å². The van der Waals surface area contributed by atoms with Gasteiger partial charge in [-0.05, 0) is 23.8 Å². The third-order valence-electron chi connectivity index (χ3n) is 2.92. The van der Waals surface area contributed by atoms with Gasteiger partial charge in [-0.1, -0.05) is 43.3 Å². The van der Waals surface area contributed by atoms with Crippen molar-refractivity contribution in [2.24, 2.45) is 0 Å². The molecule has 0 radical (unpaired) electrons. The Morgan fingerprint density at radius 3 is 2.53 bits per heavy atom. The molecule has 0 saturated heterocycles. The minimum absolute atomic E-state index is 0.152. The Bertz CT molecular complexity index is 291. The zero-order valence-corrected chi connectivity index (χ0v) is 9.70. The number of ether oxygens (including phenoxy) is 1. The van der Waals surface area contributed by atoms with E-state index in [1.54, 1.807) is 7.11 Å². The summed E-state index contributed by atoms with van der Waals surface area (Å²) in [5.74, 6) is 0. The minimum atomic E-state index is 0.152. The molecule has 0 heterocycles. The second kappa shape index (κ2) is 5.72. The maximum absolute atomic E-state index is 5.17. The number of hydrogen-bond acceptors (Lipinski definition) is 1. The van der Waals surface area contributed by atoms with Crippen molar-refractivity contribution in [3.63, 3.8) is 0 Å². The zero-order valence-electron chi connectivity index (χ0n) is 9.70. The lowest BCUT2D eigenvalue weighted by Gasteiger charge is -2.28. The highest BCUT2D eigenvalue weighted by molar-refractivity contribution is 5.25. The molecule has 0 aromatic heterocycles. The van der Waals surface area contributed by atoms with E-state index < -0.39 is 0 Å². The van der Waals surface area contributed by atoms with Gasteiger partial charge < -0.3 is 4.74 Å². The molecule has 0 aliphatic rings. The van der Waals surface area contributed by atoms with Crippen LogP contribution in [0.15, 0.2) is 43.0 Å². The fourth-order valence-electron chi connectivity index (χ4n) is 1.85. The Hall–Kier alpha value is -1.08. The summed E-state index contributed by atoms with van der Waals surface area (Å²) in [6.45, 7) is 6.90. The predicted molar refractivity (Wildman–Crippen MR) is 65.1 cm³/mol. The molecule has 0 N–H and O–H groups in total. The summed E-state index contributed by atoms with van der Waals surface area (Å²) in [6, 6.07) is 10.6. The van der Waals surface area contributed by atoms with Gasteiger partial charge in [0, 0.05) is 13.7 Å². The van der Waals surface area contributed by atoms with Crippen molar-refractivity contribution in [1.82, 2.24) is 0 Å². The molecular weight excluding hydrogens is 184 g/mol. The molecule has 1 atom stereocenters. The second-order valence-corrected chi connectivity index (χ2v) is 4.16. The largest absolute Gasteiger partial charge is 0.385 e. The normalized spacial score (nSPS) is 14.5. The zero-order chi connectivity index (χ0) is 11.1. The van der Waals surface area contributed by atoms with Crippen molar-refractivity contribution in [3.05, 3.63) is 48.6 Å². The summed E-state index contributed by atoms with van der Waals surface area (Å²) in [5.41, 5.74) is 1.51. The lowest BCUT2D eigenvalue weighted by Crippen LogP contribution is -2.23. The summed E-state index contributed by atoms with van der Waals surface area (Å²) in [5, 5.41) is 0. The van der Waals surface area contributed by atoms with Crippen LogP contribution in [0.1, 0.15) is 25.3 Å². The van der Waals surface area contributed by atoms with Crippen LogP contribution in [-0.2, 0) is 10.2 Å². The van der Waals surface area contributed by atoms with Crippen LogP contribution in [-0.4, -0.2) is 13.7 Å². The number of rotatable bonds is 6. The van der Waals surface area contributed by atoms with Crippen LogP contribution >= 0.6 is 0 Å². The maximum atomic E-state index is 5.17. The monoisotopic (exact) mass is 204 g/mol. The fraction of sp³-hybridized carbons (Fsp3) is 0.429. The molecule has 0 spiro atoms. The number of benzene rings is 1. The van der Waals surface area contributed by atoms with Crippen molar-refractivity contribution >= 4 is 0 Å². The Morgan fingerprint density at radius 1 is 1.33 bits per heavy atom. The van der Waals surface area contributed by atoms with E-state index in [1.807, 2.05) is 12.1 Å². The van der Waals surface area contributed by atoms with E-state index in [9.17, 15) is 0 Å². The van der Waals surface area contributed by atoms with Gasteiger partial charge in [-0.15, -0.1) is 6.58 Å². The molecule has 0 aliphatic heterocycles. The van der Waals surface area contributed by atoms with Gasteiger partial charge in [-0.2, -0.15) is 0 Å². The van der Waals surface area contributed by atoms with E-state index in [1.165, 1.54) is 5.56 Å². The molecule has 0 aliphatic carbocycles. The Morgan fingerprint density at radius 2 is 2.00 bits per heavy atom. The summed E-state index contributed by atoms with van der Waals surface area (Å²) in [6.07, 6.45) is 4.00. The van der Waals surface area contributed by atoms with E-state index in [2.05, 4.69) is 37.8 Å². The quantitative estimate of drug-likeness (QED) is 0.644. The lowest BCUT2D eigenvalue weighted by molar-refractivity contribution is 0.171. The molecule has 82 valence electrons. The second-order valence-electron chi connectivity index (χ2n) is 4.16. The highest BCUT2D eigenvalue weighted by Gasteiger charge is 2.24. The molecule has 1 aromatic rings. The van der Waals surface area contributed by atoms with E-state index in [4.69, 9.17) is 4.74 Å². The van der Waals surface area contributed by atoms with Gasteiger partial charge in [0.05, 0.1) is 0 Å². The molecule has 0 fully saturated rings. The first-order valence-electron chi connectivity index (χ1n) is 5.38. The molecule has 0 saturated carbocycles. The third kappa shape index (κ3) is 3.21. The van der Waals surface area contributed by atoms with Crippen LogP contribution in [0.5, 0.6) is 0 Å². The van der Waals surface area contributed by atoms with Crippen LogP contribution in [0.4, 0.5) is 0 Å². The maximum Gasteiger partial charge on any atom is 0.0470 e. The topological polar surface area (TPSA) is 9.23 Å². The summed E-state index contributed by atoms with van der Waals surface area (Å²) in [4.78, 5) is 0. The Labute approximate surface area is 92.8 Å². The van der Waals surface area contributed by atoms with E-state index >= 15 is 0 Å². The molecule has 1 heteroatoms. The average molecular weight is 204 g/mol. The SMILES string of the molecule is C=CCC(C)(CCOC)c1ccccc1. The molecule has 0 bridgehead atoms. The third-order valence-corrected chi connectivity index (χ3v) is 2.92. The first kappa shape index (κ1) is 12.0. The molecule has 15 heavy (non-hydrogen) atoms. The van der Waals surface area contributed by atoms with Crippen LogP contribution in [0.3, 0.4) is 0 Å². The smallest absolute Gasteiger partial charge is 0.0470 e. The summed E-state index contributed by atoms with van der Waals surface area (Å²) in [7, 11) is 1.75. The average Bonchev–Trinajstić information content (AvgIpc) is 2.28. The Kier molecular flexibility index (Phi) is 4.57. The van der Waals surface area contributed by atoms with Crippen LogP contribution < -0.4 is 0 Å². The lowest BCUT2D eigenvalue weighted by atomic mass is 9.77. The number of methoxy groups -OCH3 is 1. The van der Waals surface area contributed by atoms with Crippen molar-refractivity contribution in [2.75, 3.05) is 13.7 Å². The van der Waals surface area contributed by atoms with Crippen molar-refractivity contribution < 1.29 is 4.74 Å². The minimum Gasteiger partial charge on any atom is -0.385 e. The van der Waals surface area contributed by atoms with Crippen molar-refractivity contribution in [3.8, 4) is 0 Å². The van der Waals surface area contributed by atoms with Crippen LogP contribution in [0.2, 0.25) is 0 Å². The molecule has 1 nitrogen and oxygen atoms in total. The van der Waals surface area contributed by atoms with Gasteiger partial charge in [0.1, 0.15) is 0 Å². The highest BCUT2D eigenvalue weighted by Crippen LogP contribution is 2.31. The van der Waals surface area contributed by atoms with Crippen LogP contribution in [0, 0.1) is 0 Å². The molecule has 1 rings (SSSR count). The van der Waals surface area contributed by atoms with E-state index in [0.29, 0.717) is 0 Å². The highest BCUT2D eigenvalue weighted by atomic mass is 16.5. The van der Waals surface area contributed by atoms with Gasteiger partial charge in [0.25, 0.3) is 0 Å². The van der Waals surface area contributed by atoms with Gasteiger partial charge in [0.15, 0.2) is 0 Å². The fourth-order valence-corrected chi connectivity index (χ4v) is 1.85. The first-order valence-corrected chi connectivity index (χ1v) is 5.38. The number of hydrogen-bond donors (Lipinski definition) is 0. The predicted octanol–water partition coefficient (Wildman–Crippen LogP) is 3.56. The standard InChI is InChI=1S/C14H20O/c1-4-10-14(2,11-12-15-3)13-8-6-5-7-9-13/h4-9H,1,10-12H2,2-3H3. The van der Waals surface area contributed by atoms with Crippen molar-refractivity contribution in [1.29, 1.82) is 0 Å². The van der Waals surface area contributed by atoms with Gasteiger partial charge in [-0.3, -0.25) is 0 Å². The van der Waals surface area contributed by atoms with E-state index in [0.717, 1.165) is 19.4 Å². The van der Waals surface area contributed by atoms with Gasteiger partial charge >= 0.3 is 0 Å². The number of allylic oxidation sites excluding steroid dienone is 1. The summed E-state index contributed by atoms with van der Waals surface area (Å²) >= 11 is 0. The van der Waals surface area contributed by atoms with Gasteiger partial charge in [-0.25, -0.2) is 0 Å². The van der Waals surface area contributed by atoms with E-state index in [-0.39, 0.29) is 5.41 Å². The molecular formula is C14H20O.